The van der Waals surface area contributed by atoms with Crippen LogP contribution in [0.5, 0.6) is 0 Å². The van der Waals surface area contributed by atoms with E-state index in [-0.39, 0.29) is 23.6 Å². The van der Waals surface area contributed by atoms with Gasteiger partial charge in [-0.2, -0.15) is 12.6 Å². The molecule has 7 nitrogen and oxygen atoms in total. The maximum absolute atomic E-state index is 13.9. The average Bonchev–Trinajstić information content (AvgIpc) is 2.77. The molecule has 0 saturated carbocycles. The Labute approximate surface area is 223 Å². The summed E-state index contributed by atoms with van der Waals surface area (Å²) in [6, 6.07) is 5.92. The van der Waals surface area contributed by atoms with Gasteiger partial charge in [0.1, 0.15) is 17.7 Å². The van der Waals surface area contributed by atoms with Crippen LogP contribution in [0.1, 0.15) is 97.2 Å². The average molecular weight is 522 g/mol. The number of unbranched alkanes of at least 4 members (excludes halogenated alkanes) is 3. The second-order valence-electron chi connectivity index (χ2n) is 10.5. The van der Waals surface area contributed by atoms with Crippen molar-refractivity contribution in [3.63, 3.8) is 0 Å². The first-order valence-corrected chi connectivity index (χ1v) is 13.8. The fourth-order valence-electron chi connectivity index (χ4n) is 4.05. The summed E-state index contributed by atoms with van der Waals surface area (Å²) in [5.41, 5.74) is 1.05. The van der Waals surface area contributed by atoms with Gasteiger partial charge in [0, 0.05) is 18.3 Å². The first-order valence-electron chi connectivity index (χ1n) is 13.2. The molecule has 1 rings (SSSR count). The smallest absolute Gasteiger partial charge is 0.408 e. The minimum Gasteiger partial charge on any atom is -0.444 e. The Morgan fingerprint density at radius 2 is 1.75 bits per heavy atom. The molecule has 0 aromatic heterocycles. The molecule has 0 fully saturated rings. The van der Waals surface area contributed by atoms with Crippen LogP contribution in [-0.2, 0) is 14.3 Å². The standard InChI is InChI=1S/C28H47N3O4S/c1-8-10-11-12-17-31(26(33)23(19-36)30-27(34)35-28(5,6)7)24(22-16-13-15-20(3)18-22)25(32)29-21(4)14-9-2/h13,15-16,18,21,23-24,36H,8-12,14,17,19H2,1-7H3,(H,29,32)(H,30,34). The molecule has 0 heterocycles. The van der Waals surface area contributed by atoms with Gasteiger partial charge in [0.05, 0.1) is 0 Å². The lowest BCUT2D eigenvalue weighted by Gasteiger charge is -2.35. The molecule has 1 aromatic rings. The Morgan fingerprint density at radius 3 is 2.31 bits per heavy atom. The number of hydrogen-bond acceptors (Lipinski definition) is 5. The lowest BCUT2D eigenvalue weighted by molar-refractivity contribution is -0.142. The van der Waals surface area contributed by atoms with Gasteiger partial charge in [-0.05, 0) is 53.0 Å². The van der Waals surface area contributed by atoms with E-state index in [4.69, 9.17) is 4.74 Å². The minimum atomic E-state index is -0.928. The first-order chi connectivity index (χ1) is 16.9. The van der Waals surface area contributed by atoms with E-state index in [0.717, 1.165) is 49.7 Å². The second kappa shape index (κ2) is 15.8. The van der Waals surface area contributed by atoms with Gasteiger partial charge in [0.15, 0.2) is 0 Å². The molecule has 0 bridgehead atoms. The third kappa shape index (κ3) is 11.2. The molecule has 204 valence electrons. The van der Waals surface area contributed by atoms with E-state index in [1.54, 1.807) is 25.7 Å². The first kappa shape index (κ1) is 31.8. The number of ether oxygens (including phenoxy) is 1. The molecule has 0 aliphatic rings. The second-order valence-corrected chi connectivity index (χ2v) is 10.9. The van der Waals surface area contributed by atoms with Gasteiger partial charge in [0.25, 0.3) is 0 Å². The Kier molecular flexibility index (Phi) is 14.0. The predicted octanol–water partition coefficient (Wildman–Crippen LogP) is 5.57. The quantitative estimate of drug-likeness (QED) is 0.221. The highest BCUT2D eigenvalue weighted by molar-refractivity contribution is 7.80. The number of amides is 3. The van der Waals surface area contributed by atoms with Crippen LogP contribution in [0.15, 0.2) is 24.3 Å². The molecule has 8 heteroatoms. The Balaban J connectivity index is 3.38. The summed E-state index contributed by atoms with van der Waals surface area (Å²) in [5.74, 6) is -0.490. The minimum absolute atomic E-state index is 0.0209. The number of alkyl carbamates (subject to hydrolysis) is 1. The van der Waals surface area contributed by atoms with Crippen molar-refractivity contribution in [1.29, 1.82) is 0 Å². The molecule has 0 radical (unpaired) electrons. The molecule has 36 heavy (non-hydrogen) atoms. The Morgan fingerprint density at radius 1 is 1.06 bits per heavy atom. The van der Waals surface area contributed by atoms with Crippen molar-refractivity contribution in [3.05, 3.63) is 35.4 Å². The monoisotopic (exact) mass is 521 g/mol. The molecule has 3 atom stereocenters. The molecule has 0 spiro atoms. The maximum atomic E-state index is 13.9. The lowest BCUT2D eigenvalue weighted by atomic mass is 9.99. The van der Waals surface area contributed by atoms with E-state index in [0.29, 0.717) is 6.54 Å². The zero-order chi connectivity index (χ0) is 27.3. The molecular formula is C28H47N3O4S. The normalized spacial score (nSPS) is 13.9. The Hall–Kier alpha value is -2.22. The van der Waals surface area contributed by atoms with Gasteiger partial charge in [-0.25, -0.2) is 4.79 Å². The summed E-state index contributed by atoms with van der Waals surface area (Å²) in [5, 5.41) is 5.76. The van der Waals surface area contributed by atoms with Crippen LogP contribution in [0.4, 0.5) is 4.79 Å². The van der Waals surface area contributed by atoms with Crippen molar-refractivity contribution in [2.24, 2.45) is 0 Å². The van der Waals surface area contributed by atoms with Crippen LogP contribution in [0, 0.1) is 6.92 Å². The van der Waals surface area contributed by atoms with E-state index in [1.807, 2.05) is 38.1 Å². The fourth-order valence-corrected chi connectivity index (χ4v) is 4.30. The van der Waals surface area contributed by atoms with Crippen LogP contribution in [0.2, 0.25) is 0 Å². The summed E-state index contributed by atoms with van der Waals surface area (Å²) in [7, 11) is 0. The van der Waals surface area contributed by atoms with Crippen LogP contribution in [0.25, 0.3) is 0 Å². The van der Waals surface area contributed by atoms with E-state index in [1.165, 1.54) is 0 Å². The highest BCUT2D eigenvalue weighted by Gasteiger charge is 2.36. The molecule has 3 unspecified atom stereocenters. The third-order valence-corrected chi connectivity index (χ3v) is 6.10. The summed E-state index contributed by atoms with van der Waals surface area (Å²) in [4.78, 5) is 41.6. The predicted molar refractivity (Wildman–Crippen MR) is 149 cm³/mol. The number of benzene rings is 1. The van der Waals surface area contributed by atoms with Gasteiger partial charge in [-0.15, -0.1) is 0 Å². The molecule has 2 N–H and O–H groups in total. The number of nitrogens with one attached hydrogen (secondary N) is 2. The number of rotatable bonds is 14. The molecule has 0 saturated heterocycles. The van der Waals surface area contributed by atoms with E-state index in [9.17, 15) is 14.4 Å². The molecule has 3 amide bonds. The third-order valence-electron chi connectivity index (χ3n) is 5.74. The number of carbonyl (C=O) groups excluding carboxylic acids is 3. The van der Waals surface area contributed by atoms with Crippen molar-refractivity contribution < 1.29 is 19.1 Å². The summed E-state index contributed by atoms with van der Waals surface area (Å²) in [6.07, 6.45) is 4.90. The van der Waals surface area contributed by atoms with Crippen LogP contribution < -0.4 is 10.6 Å². The largest absolute Gasteiger partial charge is 0.444 e. The zero-order valence-electron chi connectivity index (χ0n) is 23.2. The topological polar surface area (TPSA) is 87.7 Å². The van der Waals surface area contributed by atoms with Gasteiger partial charge in [-0.3, -0.25) is 9.59 Å². The van der Waals surface area contributed by atoms with E-state index < -0.39 is 23.8 Å². The number of nitrogens with zero attached hydrogens (tertiary/aromatic N) is 1. The summed E-state index contributed by atoms with van der Waals surface area (Å²) in [6.45, 7) is 13.8. The van der Waals surface area contributed by atoms with Gasteiger partial charge >= 0.3 is 6.09 Å². The molecule has 1 aromatic carbocycles. The van der Waals surface area contributed by atoms with Crippen molar-refractivity contribution in [3.8, 4) is 0 Å². The molecular weight excluding hydrogens is 474 g/mol. The van der Waals surface area contributed by atoms with Crippen LogP contribution in [-0.4, -0.2) is 52.8 Å². The Bertz CT molecular complexity index is 840. The number of thiol groups is 1. The molecule has 0 aliphatic carbocycles. The fraction of sp³-hybridized carbons (Fsp3) is 0.679. The van der Waals surface area contributed by atoms with Crippen molar-refractivity contribution in [2.75, 3.05) is 12.3 Å². The van der Waals surface area contributed by atoms with Gasteiger partial charge in [0.2, 0.25) is 11.8 Å². The zero-order valence-corrected chi connectivity index (χ0v) is 24.1. The molecule has 0 aliphatic heterocycles. The van der Waals surface area contributed by atoms with Crippen LogP contribution >= 0.6 is 12.6 Å². The number of hydrogen-bond donors (Lipinski definition) is 3. The number of carbonyl (C=O) groups is 3. The highest BCUT2D eigenvalue weighted by Crippen LogP contribution is 2.25. The number of aryl methyl sites for hydroxylation is 1. The van der Waals surface area contributed by atoms with Crippen molar-refractivity contribution >= 4 is 30.5 Å². The van der Waals surface area contributed by atoms with Crippen LogP contribution in [0.3, 0.4) is 0 Å². The SMILES string of the molecule is CCCCCCN(C(=O)C(CS)NC(=O)OC(C)(C)C)C(C(=O)NC(C)CCC)c1cccc(C)c1. The van der Waals surface area contributed by atoms with Gasteiger partial charge in [-0.1, -0.05) is 69.4 Å². The summed E-state index contributed by atoms with van der Waals surface area (Å²) >= 11 is 4.35. The van der Waals surface area contributed by atoms with E-state index in [2.05, 4.69) is 37.1 Å². The highest BCUT2D eigenvalue weighted by atomic mass is 32.1. The van der Waals surface area contributed by atoms with Crippen molar-refractivity contribution in [1.82, 2.24) is 15.5 Å². The van der Waals surface area contributed by atoms with Gasteiger partial charge < -0.3 is 20.3 Å². The van der Waals surface area contributed by atoms with E-state index >= 15 is 0 Å². The summed E-state index contributed by atoms with van der Waals surface area (Å²) < 4.78 is 5.37. The van der Waals surface area contributed by atoms with Crippen molar-refractivity contribution in [2.45, 2.75) is 111 Å². The maximum Gasteiger partial charge on any atom is 0.408 e. The lowest BCUT2D eigenvalue weighted by Crippen LogP contribution is -2.54.